The molecule has 0 radical (unpaired) electrons. The molecule has 2 N–H and O–H groups in total. The molecular formula is C25H20FN5. The van der Waals surface area contributed by atoms with Crippen molar-refractivity contribution < 1.29 is 4.39 Å². The number of benzene rings is 2. The summed E-state index contributed by atoms with van der Waals surface area (Å²) < 4.78 is 14.6. The van der Waals surface area contributed by atoms with Crippen molar-refractivity contribution in [2.75, 3.05) is 0 Å². The van der Waals surface area contributed by atoms with Crippen LogP contribution in [0.2, 0.25) is 0 Å². The minimum absolute atomic E-state index is 0.229. The molecule has 4 aromatic heterocycles. The number of fused-ring (bicyclic) bond motifs is 7. The molecule has 0 amide bonds. The monoisotopic (exact) mass is 409 g/mol. The Balaban J connectivity index is 1.79. The highest BCUT2D eigenvalue weighted by molar-refractivity contribution is 6.21. The van der Waals surface area contributed by atoms with E-state index in [2.05, 4.69) is 40.7 Å². The number of nitrogens with zero attached hydrogens (tertiary/aromatic N) is 3. The average molecular weight is 409 g/mol. The van der Waals surface area contributed by atoms with Crippen molar-refractivity contribution in [3.05, 3.63) is 66.4 Å². The summed E-state index contributed by atoms with van der Waals surface area (Å²) in [4.78, 5) is 21.0. The molecule has 6 aromatic rings. The zero-order valence-corrected chi connectivity index (χ0v) is 17.4. The Hall–Kier alpha value is -3.80. The molecule has 0 saturated carbocycles. The largest absolute Gasteiger partial charge is 0.355 e. The number of imidazole rings is 1. The van der Waals surface area contributed by atoms with Crippen LogP contribution in [0.3, 0.4) is 0 Å². The quantitative estimate of drug-likeness (QED) is 0.316. The number of hydrogen-bond acceptors (Lipinski definition) is 3. The third kappa shape index (κ3) is 2.51. The van der Waals surface area contributed by atoms with Gasteiger partial charge in [-0.15, -0.1) is 0 Å². The molecule has 6 rings (SSSR count). The molecule has 6 heteroatoms. The van der Waals surface area contributed by atoms with Crippen LogP contribution < -0.4 is 0 Å². The molecule has 0 bridgehead atoms. The lowest BCUT2D eigenvalue weighted by Crippen LogP contribution is -2.13. The van der Waals surface area contributed by atoms with Gasteiger partial charge in [-0.25, -0.2) is 9.37 Å². The van der Waals surface area contributed by atoms with Crippen LogP contribution >= 0.6 is 0 Å². The number of hydrogen-bond donors (Lipinski definition) is 2. The van der Waals surface area contributed by atoms with Gasteiger partial charge in [-0.1, -0.05) is 32.9 Å². The fourth-order valence-corrected chi connectivity index (χ4v) is 4.45. The second-order valence-electron chi connectivity index (χ2n) is 8.90. The van der Waals surface area contributed by atoms with Crippen molar-refractivity contribution in [1.82, 2.24) is 24.9 Å². The Labute approximate surface area is 177 Å². The third-order valence-corrected chi connectivity index (χ3v) is 5.84. The number of para-hydroxylation sites is 1. The van der Waals surface area contributed by atoms with Gasteiger partial charge in [0.25, 0.3) is 0 Å². The summed E-state index contributed by atoms with van der Waals surface area (Å²) in [5, 5.41) is 2.72. The van der Waals surface area contributed by atoms with E-state index in [0.717, 1.165) is 49.5 Å². The normalized spacial score (nSPS) is 12.5. The Bertz CT molecular complexity index is 1560. The van der Waals surface area contributed by atoms with E-state index in [1.807, 2.05) is 30.3 Å². The average Bonchev–Trinajstić information content (AvgIpc) is 3.37. The van der Waals surface area contributed by atoms with Crippen molar-refractivity contribution in [3.8, 4) is 11.4 Å². The van der Waals surface area contributed by atoms with Gasteiger partial charge in [0.2, 0.25) is 0 Å². The van der Waals surface area contributed by atoms with Gasteiger partial charge in [0.05, 0.1) is 27.6 Å². The minimum Gasteiger partial charge on any atom is -0.355 e. The van der Waals surface area contributed by atoms with Crippen molar-refractivity contribution in [2.45, 2.75) is 26.2 Å². The predicted molar refractivity (Wildman–Crippen MR) is 123 cm³/mol. The van der Waals surface area contributed by atoms with E-state index >= 15 is 0 Å². The molecule has 0 aliphatic rings. The second-order valence-corrected chi connectivity index (χ2v) is 8.90. The number of pyridine rings is 2. The number of aromatic amines is 2. The number of H-pyrrole nitrogens is 2. The first kappa shape index (κ1) is 18.0. The van der Waals surface area contributed by atoms with Crippen molar-refractivity contribution in [2.24, 2.45) is 0 Å². The molecule has 0 spiro atoms. The molecule has 5 nitrogen and oxygen atoms in total. The van der Waals surface area contributed by atoms with Gasteiger partial charge in [-0.3, -0.25) is 9.97 Å². The fraction of sp³-hybridized carbons (Fsp3) is 0.160. The van der Waals surface area contributed by atoms with Crippen LogP contribution in [0.4, 0.5) is 4.39 Å². The number of aromatic nitrogens is 5. The van der Waals surface area contributed by atoms with Crippen LogP contribution in [-0.4, -0.2) is 24.9 Å². The number of halogens is 1. The molecule has 0 unspecified atom stereocenters. The maximum Gasteiger partial charge on any atom is 0.147 e. The van der Waals surface area contributed by atoms with E-state index in [0.29, 0.717) is 11.3 Å². The Morgan fingerprint density at radius 2 is 1.42 bits per heavy atom. The number of rotatable bonds is 1. The predicted octanol–water partition coefficient (Wildman–Crippen LogP) is 6.24. The summed E-state index contributed by atoms with van der Waals surface area (Å²) in [7, 11) is 0. The van der Waals surface area contributed by atoms with Gasteiger partial charge < -0.3 is 9.97 Å². The van der Waals surface area contributed by atoms with Gasteiger partial charge >= 0.3 is 0 Å². The van der Waals surface area contributed by atoms with Crippen LogP contribution in [0.25, 0.3) is 55.1 Å². The van der Waals surface area contributed by atoms with Crippen LogP contribution in [0.15, 0.2) is 54.9 Å². The van der Waals surface area contributed by atoms with Crippen LogP contribution in [0.1, 0.15) is 26.5 Å². The van der Waals surface area contributed by atoms with Gasteiger partial charge in [0, 0.05) is 45.2 Å². The SMILES string of the molecule is CC(C)(C)c1[nH]c2c(F)cccc2c1-c1nc2c3cccnc3c3ncccc3c2[nH]1. The third-order valence-electron chi connectivity index (χ3n) is 5.84. The highest BCUT2D eigenvalue weighted by Crippen LogP contribution is 2.40. The molecule has 4 heterocycles. The van der Waals surface area contributed by atoms with Gasteiger partial charge in [-0.2, -0.15) is 0 Å². The molecular weight excluding hydrogens is 389 g/mol. The molecule has 0 fully saturated rings. The van der Waals surface area contributed by atoms with E-state index < -0.39 is 0 Å². The maximum atomic E-state index is 14.6. The first-order chi connectivity index (χ1) is 14.9. The molecule has 31 heavy (non-hydrogen) atoms. The van der Waals surface area contributed by atoms with E-state index in [4.69, 9.17) is 4.98 Å². The van der Waals surface area contributed by atoms with E-state index in [1.165, 1.54) is 6.07 Å². The summed E-state index contributed by atoms with van der Waals surface area (Å²) in [6.07, 6.45) is 3.55. The summed E-state index contributed by atoms with van der Waals surface area (Å²) in [6, 6.07) is 13.0. The van der Waals surface area contributed by atoms with Gasteiger partial charge in [0.1, 0.15) is 11.6 Å². The summed E-state index contributed by atoms with van der Waals surface area (Å²) >= 11 is 0. The van der Waals surface area contributed by atoms with E-state index in [-0.39, 0.29) is 11.2 Å². The lowest BCUT2D eigenvalue weighted by atomic mass is 9.88. The summed E-state index contributed by atoms with van der Waals surface area (Å²) in [5.41, 5.74) is 5.51. The lowest BCUT2D eigenvalue weighted by molar-refractivity contribution is 0.573. The zero-order valence-electron chi connectivity index (χ0n) is 17.4. The minimum atomic E-state index is -0.269. The zero-order chi connectivity index (χ0) is 21.3. The second kappa shape index (κ2) is 6.11. The summed E-state index contributed by atoms with van der Waals surface area (Å²) in [6.45, 7) is 6.33. The molecule has 0 saturated heterocycles. The lowest BCUT2D eigenvalue weighted by Gasteiger charge is -2.18. The van der Waals surface area contributed by atoms with E-state index in [1.54, 1.807) is 18.5 Å². The highest BCUT2D eigenvalue weighted by atomic mass is 19.1. The van der Waals surface area contributed by atoms with Gasteiger partial charge in [-0.05, 0) is 30.3 Å². The fourth-order valence-electron chi connectivity index (χ4n) is 4.45. The van der Waals surface area contributed by atoms with Crippen LogP contribution in [0, 0.1) is 5.82 Å². The van der Waals surface area contributed by atoms with Crippen molar-refractivity contribution in [3.63, 3.8) is 0 Å². The molecule has 0 atom stereocenters. The Morgan fingerprint density at radius 3 is 2.16 bits per heavy atom. The van der Waals surface area contributed by atoms with Gasteiger partial charge in [0.15, 0.2) is 0 Å². The molecule has 0 aliphatic heterocycles. The Kier molecular flexibility index (Phi) is 3.55. The van der Waals surface area contributed by atoms with Crippen molar-refractivity contribution in [1.29, 1.82) is 0 Å². The van der Waals surface area contributed by atoms with Crippen LogP contribution in [-0.2, 0) is 5.41 Å². The topological polar surface area (TPSA) is 70.2 Å². The van der Waals surface area contributed by atoms with E-state index in [9.17, 15) is 4.39 Å². The summed E-state index contributed by atoms with van der Waals surface area (Å²) in [5.74, 6) is 0.438. The Morgan fingerprint density at radius 1 is 0.742 bits per heavy atom. The van der Waals surface area contributed by atoms with Crippen LogP contribution in [0.5, 0.6) is 0 Å². The molecule has 2 aromatic carbocycles. The molecule has 0 aliphatic carbocycles. The highest BCUT2D eigenvalue weighted by Gasteiger charge is 2.27. The molecule has 152 valence electrons. The maximum absolute atomic E-state index is 14.6. The van der Waals surface area contributed by atoms with Crippen molar-refractivity contribution >= 4 is 43.7 Å². The standard InChI is InChI=1S/C25H20FN5/c1-25(2,3)23-17(13-7-4-10-16(26)18(13)29-23)24-30-21-14-8-5-11-27-19(14)20-15(22(21)31-24)9-6-12-28-20/h4-12,29H,1-3H3,(H,30,31). The number of nitrogens with one attached hydrogen (secondary N) is 2. The first-order valence-electron chi connectivity index (χ1n) is 10.3. The smallest absolute Gasteiger partial charge is 0.147 e. The first-order valence-corrected chi connectivity index (χ1v) is 10.3.